The number of rotatable bonds is 3. The highest BCUT2D eigenvalue weighted by atomic mass is 35.5. The number of fused-ring (bicyclic) bond motifs is 1. The van der Waals surface area contributed by atoms with Gasteiger partial charge in [-0.1, -0.05) is 35.9 Å². The van der Waals surface area contributed by atoms with Crippen molar-refractivity contribution in [3.63, 3.8) is 0 Å². The van der Waals surface area contributed by atoms with Crippen molar-refractivity contribution in [1.82, 2.24) is 10.3 Å². The molecule has 2 heterocycles. The number of amides is 1. The molecule has 5 heteroatoms. The molecule has 1 atom stereocenters. The molecule has 1 N–H and O–H groups in total. The van der Waals surface area contributed by atoms with Crippen LogP contribution in [0.4, 0.5) is 0 Å². The predicted molar refractivity (Wildman–Crippen MR) is 78.1 cm³/mol. The Labute approximate surface area is 122 Å². The molecule has 0 spiro atoms. The molecule has 1 amide bonds. The normalized spacial score (nSPS) is 18.4. The van der Waals surface area contributed by atoms with Crippen molar-refractivity contribution in [2.24, 2.45) is 0 Å². The highest BCUT2D eigenvalue weighted by Crippen LogP contribution is 2.24. The molecule has 3 rings (SSSR count). The van der Waals surface area contributed by atoms with Crippen LogP contribution in [0.1, 0.15) is 23.2 Å². The summed E-state index contributed by atoms with van der Waals surface area (Å²) in [4.78, 5) is 16.4. The summed E-state index contributed by atoms with van der Waals surface area (Å²) in [7, 11) is 0. The summed E-state index contributed by atoms with van der Waals surface area (Å²) in [5, 5.41) is 4.93. The first-order valence-corrected chi connectivity index (χ1v) is 7.06. The zero-order chi connectivity index (χ0) is 13.9. The van der Waals surface area contributed by atoms with Crippen LogP contribution in [0.3, 0.4) is 0 Å². The Morgan fingerprint density at radius 1 is 1.40 bits per heavy atom. The first-order valence-electron chi connectivity index (χ1n) is 6.69. The van der Waals surface area contributed by atoms with E-state index in [0.717, 1.165) is 30.2 Å². The number of benzene rings is 1. The van der Waals surface area contributed by atoms with Gasteiger partial charge in [-0.3, -0.25) is 4.79 Å². The van der Waals surface area contributed by atoms with E-state index in [9.17, 15) is 4.79 Å². The summed E-state index contributed by atoms with van der Waals surface area (Å²) in [6.07, 6.45) is 3.71. The van der Waals surface area contributed by atoms with Crippen molar-refractivity contribution >= 4 is 28.3 Å². The van der Waals surface area contributed by atoms with Crippen LogP contribution < -0.4 is 5.32 Å². The van der Waals surface area contributed by atoms with E-state index >= 15 is 0 Å². The third-order valence-electron chi connectivity index (χ3n) is 3.51. The van der Waals surface area contributed by atoms with E-state index in [4.69, 9.17) is 16.3 Å². The van der Waals surface area contributed by atoms with Crippen molar-refractivity contribution in [1.29, 1.82) is 0 Å². The molecule has 0 radical (unpaired) electrons. The number of pyridine rings is 1. The molecule has 4 nitrogen and oxygen atoms in total. The molecular weight excluding hydrogens is 276 g/mol. The van der Waals surface area contributed by atoms with Crippen LogP contribution >= 0.6 is 11.6 Å². The number of hydrogen-bond donors (Lipinski definition) is 1. The number of ether oxygens (including phenoxy) is 1. The van der Waals surface area contributed by atoms with Gasteiger partial charge in [-0.15, -0.1) is 0 Å². The summed E-state index contributed by atoms with van der Waals surface area (Å²) in [5.41, 5.74) is 0.544. The van der Waals surface area contributed by atoms with Gasteiger partial charge in [0.05, 0.1) is 11.7 Å². The molecule has 0 saturated carbocycles. The first-order chi connectivity index (χ1) is 9.75. The number of carbonyl (C=O) groups is 1. The zero-order valence-electron chi connectivity index (χ0n) is 10.9. The number of nitrogens with zero attached hydrogens (tertiary/aromatic N) is 1. The molecule has 20 heavy (non-hydrogen) atoms. The molecule has 1 fully saturated rings. The Bertz CT molecular complexity index is 639. The van der Waals surface area contributed by atoms with E-state index in [1.54, 1.807) is 0 Å². The average molecular weight is 291 g/mol. The van der Waals surface area contributed by atoms with Crippen molar-refractivity contribution in [3.8, 4) is 0 Å². The fourth-order valence-corrected chi connectivity index (χ4v) is 2.66. The fourth-order valence-electron chi connectivity index (χ4n) is 2.45. The van der Waals surface area contributed by atoms with E-state index in [1.165, 1.54) is 6.20 Å². The van der Waals surface area contributed by atoms with Crippen molar-refractivity contribution in [2.75, 3.05) is 13.2 Å². The Morgan fingerprint density at radius 3 is 2.95 bits per heavy atom. The molecule has 104 valence electrons. The Balaban J connectivity index is 1.82. The van der Waals surface area contributed by atoms with Gasteiger partial charge in [-0.2, -0.15) is 0 Å². The number of nitrogens with one attached hydrogen (secondary N) is 1. The van der Waals surface area contributed by atoms with E-state index in [1.807, 2.05) is 24.3 Å². The number of halogens is 1. The van der Waals surface area contributed by atoms with Gasteiger partial charge in [0.1, 0.15) is 5.15 Å². The monoisotopic (exact) mass is 290 g/mol. The van der Waals surface area contributed by atoms with Crippen LogP contribution in [-0.2, 0) is 4.74 Å². The van der Waals surface area contributed by atoms with E-state index in [0.29, 0.717) is 17.3 Å². The lowest BCUT2D eigenvalue weighted by Gasteiger charge is -2.12. The minimum absolute atomic E-state index is 0.130. The second kappa shape index (κ2) is 5.77. The lowest BCUT2D eigenvalue weighted by Crippen LogP contribution is -2.31. The van der Waals surface area contributed by atoms with Crippen LogP contribution in [0.2, 0.25) is 5.15 Å². The third-order valence-corrected chi connectivity index (χ3v) is 3.81. The fraction of sp³-hybridized carbons (Fsp3) is 0.333. The summed E-state index contributed by atoms with van der Waals surface area (Å²) in [5.74, 6) is -0.138. The third kappa shape index (κ3) is 2.62. The molecule has 1 aromatic carbocycles. The molecule has 1 unspecified atom stereocenters. The Morgan fingerprint density at radius 2 is 2.20 bits per heavy atom. The standard InChI is InChI=1S/C15H15ClN2O2/c16-14-12-6-2-1-5-11(12)13(9-17-14)15(19)18-8-10-4-3-7-20-10/h1-2,5-6,9-10H,3-4,7-8H2,(H,18,19). The van der Waals surface area contributed by atoms with Gasteiger partial charge in [0.25, 0.3) is 5.91 Å². The maximum Gasteiger partial charge on any atom is 0.253 e. The molecular formula is C15H15ClN2O2. The molecule has 1 aromatic heterocycles. The first kappa shape index (κ1) is 13.3. The summed E-state index contributed by atoms with van der Waals surface area (Å²) in [6, 6.07) is 7.50. The van der Waals surface area contributed by atoms with Crippen LogP contribution in [-0.4, -0.2) is 30.1 Å². The lowest BCUT2D eigenvalue weighted by atomic mass is 10.1. The van der Waals surface area contributed by atoms with Crippen molar-refractivity contribution < 1.29 is 9.53 Å². The second-order valence-electron chi connectivity index (χ2n) is 4.85. The van der Waals surface area contributed by atoms with Crippen LogP contribution in [0.5, 0.6) is 0 Å². The van der Waals surface area contributed by atoms with Gasteiger partial charge in [-0.25, -0.2) is 4.98 Å². The van der Waals surface area contributed by atoms with E-state index in [-0.39, 0.29) is 12.0 Å². The largest absolute Gasteiger partial charge is 0.376 e. The highest BCUT2D eigenvalue weighted by molar-refractivity contribution is 6.34. The minimum atomic E-state index is -0.138. The quantitative estimate of drug-likeness (QED) is 0.885. The Kier molecular flexibility index (Phi) is 3.85. The van der Waals surface area contributed by atoms with Crippen LogP contribution in [0.25, 0.3) is 10.8 Å². The Hall–Kier alpha value is -1.65. The summed E-state index contributed by atoms with van der Waals surface area (Å²) in [6.45, 7) is 1.32. The van der Waals surface area contributed by atoms with Gasteiger partial charge >= 0.3 is 0 Å². The number of aromatic nitrogens is 1. The average Bonchev–Trinajstić information content (AvgIpc) is 2.99. The van der Waals surface area contributed by atoms with Crippen LogP contribution in [0, 0.1) is 0 Å². The molecule has 0 bridgehead atoms. The zero-order valence-corrected chi connectivity index (χ0v) is 11.7. The van der Waals surface area contributed by atoms with Crippen LogP contribution in [0.15, 0.2) is 30.5 Å². The van der Waals surface area contributed by atoms with Gasteiger partial charge in [0.15, 0.2) is 0 Å². The predicted octanol–water partition coefficient (Wildman–Crippen LogP) is 2.80. The number of hydrogen-bond acceptors (Lipinski definition) is 3. The van der Waals surface area contributed by atoms with Gasteiger partial charge in [0, 0.05) is 24.7 Å². The van der Waals surface area contributed by atoms with Crippen molar-refractivity contribution in [2.45, 2.75) is 18.9 Å². The smallest absolute Gasteiger partial charge is 0.253 e. The van der Waals surface area contributed by atoms with E-state index < -0.39 is 0 Å². The maximum absolute atomic E-state index is 12.3. The molecule has 2 aromatic rings. The van der Waals surface area contributed by atoms with Crippen molar-refractivity contribution in [3.05, 3.63) is 41.2 Å². The molecule has 1 aliphatic heterocycles. The van der Waals surface area contributed by atoms with Gasteiger partial charge in [-0.05, 0) is 18.2 Å². The van der Waals surface area contributed by atoms with Gasteiger partial charge < -0.3 is 10.1 Å². The minimum Gasteiger partial charge on any atom is -0.376 e. The molecule has 1 saturated heterocycles. The maximum atomic E-state index is 12.3. The SMILES string of the molecule is O=C(NCC1CCCO1)c1cnc(Cl)c2ccccc12. The molecule has 0 aliphatic carbocycles. The number of carbonyl (C=O) groups excluding carboxylic acids is 1. The lowest BCUT2D eigenvalue weighted by molar-refractivity contribution is 0.0859. The second-order valence-corrected chi connectivity index (χ2v) is 5.21. The van der Waals surface area contributed by atoms with E-state index in [2.05, 4.69) is 10.3 Å². The summed E-state index contributed by atoms with van der Waals surface area (Å²) >= 11 is 6.05. The molecule has 1 aliphatic rings. The highest BCUT2D eigenvalue weighted by Gasteiger charge is 2.18. The summed E-state index contributed by atoms with van der Waals surface area (Å²) < 4.78 is 5.49. The van der Waals surface area contributed by atoms with Gasteiger partial charge in [0.2, 0.25) is 0 Å². The topological polar surface area (TPSA) is 51.2 Å².